The molecule has 4 unspecified atom stereocenters. The van der Waals surface area contributed by atoms with Gasteiger partial charge in [-0.25, -0.2) is 0 Å². The summed E-state index contributed by atoms with van der Waals surface area (Å²) < 4.78 is 18.7. The number of aliphatic hydroxyl groups excluding tert-OH is 2. The van der Waals surface area contributed by atoms with Gasteiger partial charge in [0.2, 0.25) is 0 Å². The Kier molecular flexibility index (Phi) is 13.8. The fraction of sp³-hybridized carbons (Fsp3) is 0.929. The van der Waals surface area contributed by atoms with E-state index >= 15 is 0 Å². The molecular weight excluding hydrogens is 476 g/mol. The zero-order valence-corrected chi connectivity index (χ0v) is 24.9. The Balaban J connectivity index is 3.35. The Morgan fingerprint density at radius 3 is 2.32 bits per heavy atom. The molecule has 0 amide bonds. The van der Waals surface area contributed by atoms with Crippen LogP contribution in [0.1, 0.15) is 67.7 Å². The number of ether oxygens (including phenoxy) is 3. The summed E-state index contributed by atoms with van der Waals surface area (Å²) in [6.07, 6.45) is 0.0723. The Morgan fingerprint density at radius 1 is 1.22 bits per heavy atom. The standard InChI is InChI=1S/C28H54N2O7/c1-11-12-30(13-14-31)17-19(2)16-28(7,35-10)25(21(4)24(34)27(5,6)18-32)37-26-23(33)22(29(8)9)15-20(3)36-26/h18-23,25-26,31,33H,11-17H2,1-10H3/t19?,20-,21?,22+,23-,25?,26+,28?/m1/s1. The molecule has 1 fully saturated rings. The van der Waals surface area contributed by atoms with E-state index in [1.54, 1.807) is 27.9 Å². The molecule has 2 N–H and O–H groups in total. The fourth-order valence-corrected chi connectivity index (χ4v) is 5.64. The maximum atomic E-state index is 13.5. The van der Waals surface area contributed by atoms with Crippen LogP contribution in [-0.2, 0) is 23.8 Å². The lowest BCUT2D eigenvalue weighted by Gasteiger charge is -2.47. The van der Waals surface area contributed by atoms with Crippen LogP contribution in [0.3, 0.4) is 0 Å². The number of nitrogens with zero attached hydrogens (tertiary/aromatic N) is 2. The first-order valence-electron chi connectivity index (χ1n) is 13.7. The topological polar surface area (TPSA) is 109 Å². The highest BCUT2D eigenvalue weighted by molar-refractivity contribution is 5.98. The number of carbonyl (C=O) groups is 2. The van der Waals surface area contributed by atoms with Crippen LogP contribution in [0.25, 0.3) is 0 Å². The second-order valence-corrected chi connectivity index (χ2v) is 12.0. The van der Waals surface area contributed by atoms with E-state index in [4.69, 9.17) is 14.2 Å². The number of likely N-dealkylation sites (N-methyl/N-ethyl adjacent to an activating group) is 1. The normalized spacial score (nSPS) is 27.1. The molecule has 1 heterocycles. The van der Waals surface area contributed by atoms with Gasteiger partial charge in [-0.1, -0.05) is 20.8 Å². The molecule has 1 aliphatic rings. The number of rotatable bonds is 17. The molecule has 8 atom stereocenters. The van der Waals surface area contributed by atoms with E-state index in [0.29, 0.717) is 25.7 Å². The van der Waals surface area contributed by atoms with Crippen LogP contribution in [0.4, 0.5) is 0 Å². The van der Waals surface area contributed by atoms with Crippen molar-refractivity contribution < 1.29 is 34.0 Å². The van der Waals surface area contributed by atoms with Gasteiger partial charge in [0.25, 0.3) is 0 Å². The number of aldehydes is 1. The van der Waals surface area contributed by atoms with Gasteiger partial charge in [-0.2, -0.15) is 0 Å². The minimum absolute atomic E-state index is 0.0917. The summed E-state index contributed by atoms with van der Waals surface area (Å²) >= 11 is 0. The molecule has 0 aromatic carbocycles. The van der Waals surface area contributed by atoms with Crippen LogP contribution < -0.4 is 0 Å². The summed E-state index contributed by atoms with van der Waals surface area (Å²) in [7, 11) is 5.43. The third-order valence-corrected chi connectivity index (χ3v) is 7.70. The van der Waals surface area contributed by atoms with Crippen molar-refractivity contribution in [3.8, 4) is 0 Å². The molecule has 0 aromatic rings. The third-order valence-electron chi connectivity index (χ3n) is 7.70. The van der Waals surface area contributed by atoms with Gasteiger partial charge >= 0.3 is 0 Å². The minimum atomic E-state index is -1.19. The SMILES string of the molecule is CCCN(CCO)CC(C)CC(C)(OC)C(O[C@@H]1O[C@H](C)C[C@H](N(C)C)[C@H]1O)C(C)C(=O)C(C)(C)C=O. The molecule has 0 aromatic heterocycles. The molecule has 37 heavy (non-hydrogen) atoms. The average Bonchev–Trinajstić information content (AvgIpc) is 2.83. The fourth-order valence-electron chi connectivity index (χ4n) is 5.64. The lowest BCUT2D eigenvalue weighted by atomic mass is 9.74. The molecular formula is C28H54N2O7. The molecule has 1 saturated heterocycles. The molecule has 0 aliphatic carbocycles. The van der Waals surface area contributed by atoms with Crippen molar-refractivity contribution in [1.82, 2.24) is 9.80 Å². The summed E-state index contributed by atoms with van der Waals surface area (Å²) in [5, 5.41) is 20.6. The molecule has 0 bridgehead atoms. The van der Waals surface area contributed by atoms with E-state index in [9.17, 15) is 19.8 Å². The van der Waals surface area contributed by atoms with Gasteiger partial charge in [0.1, 0.15) is 12.4 Å². The van der Waals surface area contributed by atoms with E-state index in [1.807, 2.05) is 32.8 Å². The number of ketones is 1. The zero-order chi connectivity index (χ0) is 28.6. The molecule has 9 heteroatoms. The maximum Gasteiger partial charge on any atom is 0.185 e. The largest absolute Gasteiger partial charge is 0.395 e. The van der Waals surface area contributed by atoms with Gasteiger partial charge in [0.05, 0.1) is 29.8 Å². The van der Waals surface area contributed by atoms with Crippen molar-refractivity contribution in [2.45, 2.75) is 104 Å². The first-order chi connectivity index (χ1) is 17.2. The lowest BCUT2D eigenvalue weighted by molar-refractivity contribution is -0.295. The summed E-state index contributed by atoms with van der Waals surface area (Å²) in [5.41, 5.74) is -2.10. The van der Waals surface area contributed by atoms with Crippen molar-refractivity contribution in [3.05, 3.63) is 0 Å². The van der Waals surface area contributed by atoms with E-state index in [1.165, 1.54) is 0 Å². The number of hydrogen-bond donors (Lipinski definition) is 2. The van der Waals surface area contributed by atoms with Gasteiger partial charge in [0.15, 0.2) is 12.1 Å². The van der Waals surface area contributed by atoms with Gasteiger partial charge in [-0.3, -0.25) is 4.79 Å². The Labute approximate surface area is 224 Å². The van der Waals surface area contributed by atoms with Gasteiger partial charge in [-0.15, -0.1) is 0 Å². The molecule has 218 valence electrons. The summed E-state index contributed by atoms with van der Waals surface area (Å²) in [5.74, 6) is -0.799. The zero-order valence-electron chi connectivity index (χ0n) is 24.9. The van der Waals surface area contributed by atoms with Crippen LogP contribution in [0.15, 0.2) is 0 Å². The van der Waals surface area contributed by atoms with Crippen LogP contribution in [0, 0.1) is 17.3 Å². The average molecular weight is 531 g/mol. The van der Waals surface area contributed by atoms with E-state index < -0.39 is 35.4 Å². The van der Waals surface area contributed by atoms with E-state index in [2.05, 4.69) is 18.7 Å². The Hall–Kier alpha value is -0.940. The Morgan fingerprint density at radius 2 is 1.84 bits per heavy atom. The van der Waals surface area contributed by atoms with Gasteiger partial charge < -0.3 is 39.0 Å². The van der Waals surface area contributed by atoms with Gasteiger partial charge in [0, 0.05) is 32.2 Å². The quantitative estimate of drug-likeness (QED) is 0.216. The monoisotopic (exact) mass is 530 g/mol. The summed E-state index contributed by atoms with van der Waals surface area (Å²) in [6, 6.07) is -0.166. The number of carbonyl (C=O) groups excluding carboxylic acids is 2. The maximum absolute atomic E-state index is 13.5. The van der Waals surface area contributed by atoms with Crippen LogP contribution in [0.5, 0.6) is 0 Å². The highest BCUT2D eigenvalue weighted by Crippen LogP contribution is 2.37. The smallest absolute Gasteiger partial charge is 0.185 e. The first kappa shape index (κ1) is 34.1. The molecule has 0 spiro atoms. The Bertz CT molecular complexity index is 698. The predicted molar refractivity (Wildman–Crippen MR) is 144 cm³/mol. The lowest BCUT2D eigenvalue weighted by Crippen LogP contribution is -2.59. The summed E-state index contributed by atoms with van der Waals surface area (Å²) in [4.78, 5) is 29.4. The van der Waals surface area contributed by atoms with E-state index in [0.717, 1.165) is 19.5 Å². The van der Waals surface area contributed by atoms with Crippen molar-refractivity contribution in [1.29, 1.82) is 0 Å². The highest BCUT2D eigenvalue weighted by Gasteiger charge is 2.49. The first-order valence-corrected chi connectivity index (χ1v) is 13.7. The number of Topliss-reactive ketones (excluding diaryl/α,β-unsaturated/α-hetero) is 1. The van der Waals surface area contributed by atoms with Crippen molar-refractivity contribution >= 4 is 12.1 Å². The highest BCUT2D eigenvalue weighted by atomic mass is 16.7. The second-order valence-electron chi connectivity index (χ2n) is 12.0. The number of hydrogen-bond acceptors (Lipinski definition) is 9. The third kappa shape index (κ3) is 9.34. The molecule has 0 saturated carbocycles. The van der Waals surface area contributed by atoms with Gasteiger partial charge in [-0.05, 0) is 73.5 Å². The number of aliphatic hydroxyl groups is 2. The predicted octanol–water partition coefficient (Wildman–Crippen LogP) is 2.36. The van der Waals surface area contributed by atoms with E-state index in [-0.39, 0.29) is 30.5 Å². The molecule has 1 aliphatic heterocycles. The number of methoxy groups -OCH3 is 1. The second kappa shape index (κ2) is 15.0. The van der Waals surface area contributed by atoms with Crippen molar-refractivity contribution in [2.24, 2.45) is 17.3 Å². The van der Waals surface area contributed by atoms with Crippen molar-refractivity contribution in [2.75, 3.05) is 47.4 Å². The molecule has 9 nitrogen and oxygen atoms in total. The summed E-state index contributed by atoms with van der Waals surface area (Å²) in [6.45, 7) is 15.4. The molecule has 1 rings (SSSR count). The van der Waals surface area contributed by atoms with Crippen LogP contribution in [0.2, 0.25) is 0 Å². The minimum Gasteiger partial charge on any atom is -0.395 e. The van der Waals surface area contributed by atoms with Crippen LogP contribution >= 0.6 is 0 Å². The molecule has 0 radical (unpaired) electrons. The van der Waals surface area contributed by atoms with Crippen LogP contribution in [-0.4, -0.2) is 116 Å². The van der Waals surface area contributed by atoms with Crippen molar-refractivity contribution in [3.63, 3.8) is 0 Å².